The van der Waals surface area contributed by atoms with Crippen LogP contribution in [0.4, 0.5) is 5.69 Å². The van der Waals surface area contributed by atoms with Crippen LogP contribution in [0.3, 0.4) is 0 Å². The van der Waals surface area contributed by atoms with Gasteiger partial charge in [0.15, 0.2) is 0 Å². The minimum absolute atomic E-state index is 0.0642. The van der Waals surface area contributed by atoms with Gasteiger partial charge in [-0.1, -0.05) is 51.0 Å². The highest BCUT2D eigenvalue weighted by atomic mass is 32.1. The molecule has 2 nitrogen and oxygen atoms in total. The molecule has 1 aliphatic rings. The first-order valence-electron chi connectivity index (χ1n) is 8.97. The van der Waals surface area contributed by atoms with Crippen molar-refractivity contribution < 1.29 is 4.79 Å². The summed E-state index contributed by atoms with van der Waals surface area (Å²) in [5, 5.41) is 0. The van der Waals surface area contributed by atoms with Crippen molar-refractivity contribution in [1.29, 1.82) is 0 Å². The van der Waals surface area contributed by atoms with Gasteiger partial charge in [-0.05, 0) is 49.3 Å². The van der Waals surface area contributed by atoms with Crippen molar-refractivity contribution in [2.45, 2.75) is 58.8 Å². The molecule has 1 saturated heterocycles. The molecular formula is C21H27NOS. The lowest BCUT2D eigenvalue weighted by molar-refractivity contribution is -0.123. The third-order valence-electron chi connectivity index (χ3n) is 5.03. The van der Waals surface area contributed by atoms with E-state index in [0.29, 0.717) is 5.92 Å². The molecule has 1 fully saturated rings. The lowest BCUT2D eigenvalue weighted by Gasteiger charge is -2.32. The molecule has 0 bridgehead atoms. The van der Waals surface area contributed by atoms with E-state index in [4.69, 9.17) is 18.6 Å². The fraction of sp³-hybridized carbons (Fsp3) is 0.524. The SMILES string of the molecule is C#CCCc1ccc(N2C(=O)C(C(C)CC)CCCCC2=S)cc1. The van der Waals surface area contributed by atoms with E-state index in [1.165, 1.54) is 5.56 Å². The zero-order chi connectivity index (χ0) is 17.5. The molecule has 0 spiro atoms. The van der Waals surface area contributed by atoms with E-state index in [0.717, 1.165) is 55.6 Å². The van der Waals surface area contributed by atoms with E-state index in [1.807, 2.05) is 12.1 Å². The maximum Gasteiger partial charge on any atom is 0.235 e. The summed E-state index contributed by atoms with van der Waals surface area (Å²) >= 11 is 5.59. The summed E-state index contributed by atoms with van der Waals surface area (Å²) in [6.07, 6.45) is 11.9. The van der Waals surface area contributed by atoms with Gasteiger partial charge in [0.1, 0.15) is 0 Å². The van der Waals surface area contributed by atoms with E-state index in [9.17, 15) is 4.79 Å². The molecule has 1 heterocycles. The second kappa shape index (κ2) is 8.99. The van der Waals surface area contributed by atoms with Crippen LogP contribution in [0.1, 0.15) is 57.9 Å². The van der Waals surface area contributed by atoms with Crippen LogP contribution in [0.25, 0.3) is 0 Å². The van der Waals surface area contributed by atoms with Gasteiger partial charge in [-0.25, -0.2) is 0 Å². The first-order chi connectivity index (χ1) is 11.6. The minimum Gasteiger partial charge on any atom is -0.275 e. The summed E-state index contributed by atoms with van der Waals surface area (Å²) in [6.45, 7) is 4.33. The van der Waals surface area contributed by atoms with Crippen LogP contribution in [0.15, 0.2) is 24.3 Å². The smallest absolute Gasteiger partial charge is 0.235 e. The Hall–Kier alpha value is -1.66. The van der Waals surface area contributed by atoms with Gasteiger partial charge < -0.3 is 0 Å². The van der Waals surface area contributed by atoms with Gasteiger partial charge in [-0.3, -0.25) is 9.69 Å². The Balaban J connectivity index is 2.27. The molecule has 2 unspecified atom stereocenters. The van der Waals surface area contributed by atoms with Crippen molar-refractivity contribution in [3.05, 3.63) is 29.8 Å². The Morgan fingerprint density at radius 1 is 1.33 bits per heavy atom. The van der Waals surface area contributed by atoms with Gasteiger partial charge >= 0.3 is 0 Å². The summed E-state index contributed by atoms with van der Waals surface area (Å²) in [6, 6.07) is 8.12. The Bertz CT molecular complexity index is 614. The molecule has 0 saturated carbocycles. The molecule has 1 aliphatic heterocycles. The molecule has 1 amide bonds. The fourth-order valence-corrected chi connectivity index (χ4v) is 3.62. The number of rotatable bonds is 5. The molecular weight excluding hydrogens is 314 g/mol. The molecule has 24 heavy (non-hydrogen) atoms. The number of benzene rings is 1. The lowest BCUT2D eigenvalue weighted by Crippen LogP contribution is -2.43. The van der Waals surface area contributed by atoms with Crippen molar-refractivity contribution in [2.75, 3.05) is 4.90 Å². The van der Waals surface area contributed by atoms with Gasteiger partial charge in [-0.15, -0.1) is 12.3 Å². The van der Waals surface area contributed by atoms with Gasteiger partial charge in [0.2, 0.25) is 5.91 Å². The Morgan fingerprint density at radius 2 is 2.04 bits per heavy atom. The van der Waals surface area contributed by atoms with Crippen molar-refractivity contribution in [2.24, 2.45) is 11.8 Å². The Labute approximate surface area is 151 Å². The number of carbonyl (C=O) groups is 1. The third-order valence-corrected chi connectivity index (χ3v) is 5.41. The molecule has 1 aromatic rings. The maximum absolute atomic E-state index is 13.2. The second-order valence-electron chi connectivity index (χ2n) is 6.68. The van der Waals surface area contributed by atoms with E-state index in [-0.39, 0.29) is 11.8 Å². The summed E-state index contributed by atoms with van der Waals surface area (Å²) in [4.78, 5) is 15.7. The van der Waals surface area contributed by atoms with Crippen LogP contribution in [-0.4, -0.2) is 10.9 Å². The fourth-order valence-electron chi connectivity index (χ4n) is 3.28. The molecule has 3 heteroatoms. The molecule has 0 N–H and O–H groups in total. The number of terminal acetylenes is 1. The highest BCUT2D eigenvalue weighted by Crippen LogP contribution is 2.30. The largest absolute Gasteiger partial charge is 0.275 e. The summed E-state index contributed by atoms with van der Waals surface area (Å²) in [5.74, 6) is 3.28. The van der Waals surface area contributed by atoms with Crippen molar-refractivity contribution in [1.82, 2.24) is 0 Å². The van der Waals surface area contributed by atoms with Crippen LogP contribution in [0, 0.1) is 24.2 Å². The monoisotopic (exact) mass is 341 g/mol. The van der Waals surface area contributed by atoms with Gasteiger partial charge in [0.05, 0.1) is 4.99 Å². The average molecular weight is 342 g/mol. The number of hydrogen-bond donors (Lipinski definition) is 0. The van der Waals surface area contributed by atoms with Crippen LogP contribution in [-0.2, 0) is 11.2 Å². The molecule has 0 radical (unpaired) electrons. The number of nitrogens with zero attached hydrogens (tertiary/aromatic N) is 1. The second-order valence-corrected chi connectivity index (χ2v) is 7.15. The lowest BCUT2D eigenvalue weighted by atomic mass is 9.85. The summed E-state index contributed by atoms with van der Waals surface area (Å²) < 4.78 is 0. The number of anilines is 1. The normalized spacial score (nSPS) is 20.2. The highest BCUT2D eigenvalue weighted by Gasteiger charge is 2.32. The molecule has 0 aromatic heterocycles. The van der Waals surface area contributed by atoms with E-state index < -0.39 is 0 Å². The number of hydrogen-bond acceptors (Lipinski definition) is 2. The molecule has 1 aromatic carbocycles. The van der Waals surface area contributed by atoms with Gasteiger partial charge in [-0.2, -0.15) is 0 Å². The van der Waals surface area contributed by atoms with Crippen LogP contribution in [0.5, 0.6) is 0 Å². The molecule has 0 aliphatic carbocycles. The Kier molecular flexibility index (Phi) is 6.99. The first kappa shape index (κ1) is 18.7. The zero-order valence-corrected chi connectivity index (χ0v) is 15.6. The molecule has 128 valence electrons. The van der Waals surface area contributed by atoms with Gasteiger partial charge in [0.25, 0.3) is 0 Å². The van der Waals surface area contributed by atoms with Crippen LogP contribution < -0.4 is 4.90 Å². The average Bonchev–Trinajstić information content (AvgIpc) is 2.59. The predicted molar refractivity (Wildman–Crippen MR) is 105 cm³/mol. The first-order valence-corrected chi connectivity index (χ1v) is 9.38. The number of aryl methyl sites for hydroxylation is 1. The highest BCUT2D eigenvalue weighted by molar-refractivity contribution is 7.80. The topological polar surface area (TPSA) is 20.3 Å². The molecule has 2 atom stereocenters. The van der Waals surface area contributed by atoms with Crippen LogP contribution in [0.2, 0.25) is 0 Å². The minimum atomic E-state index is 0.0642. The number of carbonyl (C=O) groups excluding carboxylic acids is 1. The van der Waals surface area contributed by atoms with Gasteiger partial charge in [0, 0.05) is 18.0 Å². The number of thiocarbonyl (C=S) groups is 1. The standard InChI is InChI=1S/C21H27NOS/c1-4-6-9-17-12-14-18(15-13-17)22-20(24)11-8-7-10-19(21(22)23)16(3)5-2/h1,12-16,19H,5-11H2,2-3H3. The number of amides is 1. The van der Waals surface area contributed by atoms with E-state index >= 15 is 0 Å². The predicted octanol–water partition coefficient (Wildman–Crippen LogP) is 5.15. The maximum atomic E-state index is 13.2. The summed E-state index contributed by atoms with van der Waals surface area (Å²) in [7, 11) is 0. The van der Waals surface area contributed by atoms with Crippen molar-refractivity contribution >= 4 is 28.8 Å². The quantitative estimate of drug-likeness (QED) is 0.545. The molecule has 2 rings (SSSR count). The van der Waals surface area contributed by atoms with Crippen molar-refractivity contribution in [3.8, 4) is 12.3 Å². The summed E-state index contributed by atoms with van der Waals surface area (Å²) in [5.41, 5.74) is 2.09. The van der Waals surface area contributed by atoms with Crippen LogP contribution >= 0.6 is 12.2 Å². The van der Waals surface area contributed by atoms with Crippen molar-refractivity contribution in [3.63, 3.8) is 0 Å². The van der Waals surface area contributed by atoms with E-state index in [2.05, 4.69) is 31.9 Å². The van der Waals surface area contributed by atoms with E-state index in [1.54, 1.807) is 4.90 Å². The zero-order valence-electron chi connectivity index (χ0n) is 14.8. The third kappa shape index (κ3) is 4.45. The Morgan fingerprint density at radius 3 is 2.67 bits per heavy atom.